The van der Waals surface area contributed by atoms with Crippen LogP contribution in [0.5, 0.6) is 5.75 Å². The largest absolute Gasteiger partial charge is 0.492 e. The number of nitrogens with one attached hydrogen (secondary N) is 2. The van der Waals surface area contributed by atoms with Crippen LogP contribution in [0, 0.1) is 0 Å². The van der Waals surface area contributed by atoms with E-state index in [1.165, 1.54) is 0 Å². The molecule has 1 aliphatic heterocycles. The maximum atomic E-state index is 6.46. The van der Waals surface area contributed by atoms with Gasteiger partial charge in [-0.3, -0.25) is 0 Å². The first-order valence-electron chi connectivity index (χ1n) is 12.3. The van der Waals surface area contributed by atoms with Crippen LogP contribution in [-0.2, 0) is 0 Å². The van der Waals surface area contributed by atoms with Gasteiger partial charge in [0.1, 0.15) is 10.8 Å². The first-order valence-corrected chi connectivity index (χ1v) is 13.6. The lowest BCUT2D eigenvalue weighted by molar-refractivity contribution is 0.315. The summed E-state index contributed by atoms with van der Waals surface area (Å²) in [6, 6.07) is 15.0. The van der Waals surface area contributed by atoms with Gasteiger partial charge >= 0.3 is 0 Å². The van der Waals surface area contributed by atoms with Gasteiger partial charge < -0.3 is 25.2 Å². The van der Waals surface area contributed by atoms with Gasteiger partial charge in [-0.05, 0) is 51.7 Å². The minimum atomic E-state index is 0.443. The molecule has 0 radical (unpaired) electrons. The van der Waals surface area contributed by atoms with Crippen LogP contribution in [-0.4, -0.2) is 60.0 Å². The molecule has 0 saturated carbocycles. The first-order chi connectivity index (χ1) is 17.3. The quantitative estimate of drug-likeness (QED) is 0.284. The van der Waals surface area contributed by atoms with Gasteiger partial charge in [0.15, 0.2) is 5.82 Å². The van der Waals surface area contributed by atoms with Crippen LogP contribution < -0.4 is 20.3 Å². The van der Waals surface area contributed by atoms with Gasteiger partial charge in [0, 0.05) is 41.0 Å². The van der Waals surface area contributed by atoms with Crippen molar-refractivity contribution in [1.82, 2.24) is 14.9 Å². The SMILES string of the molecule is CCOc1cc(N2CC[C@@H](N(C)C)C2)ccc1Nc1ncc(Cl)c(Nc2ccccc2SC(C)C)n1. The summed E-state index contributed by atoms with van der Waals surface area (Å²) in [5.41, 5.74) is 2.93. The number of rotatable bonds is 10. The van der Waals surface area contributed by atoms with E-state index in [-0.39, 0.29) is 0 Å². The van der Waals surface area contributed by atoms with Gasteiger partial charge in [-0.2, -0.15) is 4.98 Å². The van der Waals surface area contributed by atoms with Crippen LogP contribution in [0.2, 0.25) is 5.02 Å². The monoisotopic (exact) mass is 526 g/mol. The van der Waals surface area contributed by atoms with E-state index in [1.54, 1.807) is 18.0 Å². The molecule has 1 aromatic heterocycles. The molecule has 2 heterocycles. The molecule has 192 valence electrons. The van der Waals surface area contributed by atoms with Gasteiger partial charge in [-0.1, -0.05) is 37.6 Å². The normalized spacial score (nSPS) is 15.6. The first kappa shape index (κ1) is 26.4. The predicted molar refractivity (Wildman–Crippen MR) is 153 cm³/mol. The number of benzene rings is 2. The number of aromatic nitrogens is 2. The third-order valence-corrected chi connectivity index (χ3v) is 7.38. The van der Waals surface area contributed by atoms with Crippen molar-refractivity contribution >= 4 is 52.2 Å². The molecule has 36 heavy (non-hydrogen) atoms. The fraction of sp³-hybridized carbons (Fsp3) is 0.407. The summed E-state index contributed by atoms with van der Waals surface area (Å²) < 4.78 is 5.99. The Bertz CT molecular complexity index is 1170. The summed E-state index contributed by atoms with van der Waals surface area (Å²) in [5.74, 6) is 1.76. The lowest BCUT2D eigenvalue weighted by Gasteiger charge is -2.23. The lowest BCUT2D eigenvalue weighted by Crippen LogP contribution is -2.31. The zero-order valence-corrected chi connectivity index (χ0v) is 23.2. The average Bonchev–Trinajstić information content (AvgIpc) is 3.34. The molecule has 7 nitrogen and oxygen atoms in total. The van der Waals surface area contributed by atoms with Crippen LogP contribution in [0.1, 0.15) is 27.2 Å². The highest BCUT2D eigenvalue weighted by Crippen LogP contribution is 2.36. The van der Waals surface area contributed by atoms with E-state index >= 15 is 0 Å². The summed E-state index contributed by atoms with van der Waals surface area (Å²) in [6.45, 7) is 8.95. The maximum absolute atomic E-state index is 6.46. The van der Waals surface area contributed by atoms with Crippen LogP contribution in [0.4, 0.5) is 28.8 Å². The molecule has 2 aromatic carbocycles. The lowest BCUT2D eigenvalue weighted by atomic mass is 10.2. The summed E-state index contributed by atoms with van der Waals surface area (Å²) in [5, 5.41) is 7.62. The molecular formula is C27H35ClN6OS. The predicted octanol–water partition coefficient (Wildman–Crippen LogP) is 6.66. The molecule has 1 fully saturated rings. The second kappa shape index (κ2) is 12.0. The number of ether oxygens (including phenoxy) is 1. The van der Waals surface area contributed by atoms with E-state index in [0.29, 0.717) is 34.7 Å². The number of para-hydroxylation sites is 1. The van der Waals surface area contributed by atoms with E-state index < -0.39 is 0 Å². The second-order valence-electron chi connectivity index (χ2n) is 9.27. The van der Waals surface area contributed by atoms with Crippen molar-refractivity contribution in [3.8, 4) is 5.75 Å². The molecule has 1 saturated heterocycles. The fourth-order valence-electron chi connectivity index (χ4n) is 4.17. The highest BCUT2D eigenvalue weighted by molar-refractivity contribution is 8.00. The van der Waals surface area contributed by atoms with Crippen molar-refractivity contribution < 1.29 is 4.74 Å². The number of hydrogen-bond donors (Lipinski definition) is 2. The highest BCUT2D eigenvalue weighted by Gasteiger charge is 2.25. The Labute approximate surface area is 223 Å². The van der Waals surface area contributed by atoms with E-state index in [4.69, 9.17) is 16.3 Å². The van der Waals surface area contributed by atoms with Gasteiger partial charge in [-0.25, -0.2) is 4.98 Å². The Kier molecular flexibility index (Phi) is 8.82. The van der Waals surface area contributed by atoms with Gasteiger partial charge in [0.2, 0.25) is 5.95 Å². The molecular weight excluding hydrogens is 492 g/mol. The smallest absolute Gasteiger partial charge is 0.229 e. The van der Waals surface area contributed by atoms with Crippen LogP contribution in [0.15, 0.2) is 53.6 Å². The van der Waals surface area contributed by atoms with E-state index in [0.717, 1.165) is 47.2 Å². The molecule has 1 aliphatic rings. The topological polar surface area (TPSA) is 65.6 Å². The Hall–Kier alpha value is -2.68. The van der Waals surface area contributed by atoms with Gasteiger partial charge in [0.25, 0.3) is 0 Å². The van der Waals surface area contributed by atoms with E-state index in [1.807, 2.05) is 31.2 Å². The molecule has 1 atom stereocenters. The number of thioether (sulfide) groups is 1. The van der Waals surface area contributed by atoms with Crippen LogP contribution in [0.25, 0.3) is 0 Å². The summed E-state index contributed by atoms with van der Waals surface area (Å²) in [7, 11) is 4.29. The molecule has 0 amide bonds. The zero-order valence-electron chi connectivity index (χ0n) is 21.6. The number of hydrogen-bond acceptors (Lipinski definition) is 8. The van der Waals surface area contributed by atoms with Crippen molar-refractivity contribution in [3.05, 3.63) is 53.7 Å². The van der Waals surface area contributed by atoms with Crippen molar-refractivity contribution in [2.24, 2.45) is 0 Å². The van der Waals surface area contributed by atoms with E-state index in [9.17, 15) is 0 Å². The van der Waals surface area contributed by atoms with Crippen LogP contribution >= 0.6 is 23.4 Å². The van der Waals surface area contributed by atoms with Crippen molar-refractivity contribution in [3.63, 3.8) is 0 Å². The molecule has 0 aliphatic carbocycles. The standard InChI is InChI=1S/C27H35ClN6OS/c1-6-35-24-15-19(34-14-13-20(17-34)33(4)5)11-12-22(24)31-27-29-16-21(28)26(32-27)30-23-9-7-8-10-25(23)36-18(2)3/h7-12,15-16,18,20H,6,13-14,17H2,1-5H3,(H2,29,30,31,32)/t20-/m1/s1. The third kappa shape index (κ3) is 6.55. The average molecular weight is 527 g/mol. The Morgan fingerprint density at radius 1 is 1.17 bits per heavy atom. The number of likely N-dealkylation sites (N-methyl/N-ethyl adjacent to an activating group) is 1. The Morgan fingerprint density at radius 2 is 1.97 bits per heavy atom. The summed E-state index contributed by atoms with van der Waals surface area (Å²) in [6.07, 6.45) is 2.77. The summed E-state index contributed by atoms with van der Waals surface area (Å²) in [4.78, 5) is 14.9. The highest BCUT2D eigenvalue weighted by atomic mass is 35.5. The number of halogens is 1. The molecule has 0 bridgehead atoms. The molecule has 2 N–H and O–H groups in total. The fourth-order valence-corrected chi connectivity index (χ4v) is 5.22. The Morgan fingerprint density at radius 3 is 2.69 bits per heavy atom. The Balaban J connectivity index is 1.55. The summed E-state index contributed by atoms with van der Waals surface area (Å²) >= 11 is 8.25. The van der Waals surface area contributed by atoms with Crippen LogP contribution in [0.3, 0.4) is 0 Å². The zero-order chi connectivity index (χ0) is 25.7. The third-order valence-electron chi connectivity index (χ3n) is 6.02. The maximum Gasteiger partial charge on any atom is 0.229 e. The minimum Gasteiger partial charge on any atom is -0.492 e. The molecule has 3 aromatic rings. The number of anilines is 5. The molecule has 4 rings (SSSR count). The van der Waals surface area contributed by atoms with Crippen molar-refractivity contribution in [1.29, 1.82) is 0 Å². The van der Waals surface area contributed by atoms with Crippen molar-refractivity contribution in [2.75, 3.05) is 49.3 Å². The van der Waals surface area contributed by atoms with Crippen molar-refractivity contribution in [2.45, 2.75) is 43.4 Å². The number of nitrogens with zero attached hydrogens (tertiary/aromatic N) is 4. The minimum absolute atomic E-state index is 0.443. The van der Waals surface area contributed by atoms with Gasteiger partial charge in [-0.15, -0.1) is 11.8 Å². The molecule has 0 unspecified atom stereocenters. The van der Waals surface area contributed by atoms with E-state index in [2.05, 4.69) is 76.5 Å². The molecule has 0 spiro atoms. The second-order valence-corrected chi connectivity index (χ2v) is 11.3. The van der Waals surface area contributed by atoms with Gasteiger partial charge in [0.05, 0.1) is 24.2 Å². The molecule has 9 heteroatoms.